The molecule has 0 saturated carbocycles. The van der Waals surface area contributed by atoms with Crippen LogP contribution in [0.1, 0.15) is 57.3 Å². The summed E-state index contributed by atoms with van der Waals surface area (Å²) in [5, 5.41) is 9.16. The second-order valence-corrected chi connectivity index (χ2v) is 10.3. The van der Waals surface area contributed by atoms with Gasteiger partial charge in [0.05, 0.1) is 12.5 Å². The van der Waals surface area contributed by atoms with Crippen LogP contribution in [-0.4, -0.2) is 39.5 Å². The van der Waals surface area contributed by atoms with E-state index < -0.39 is 29.1 Å². The predicted molar refractivity (Wildman–Crippen MR) is 140 cm³/mol. The van der Waals surface area contributed by atoms with Crippen molar-refractivity contribution >= 4 is 11.9 Å². The van der Waals surface area contributed by atoms with Crippen molar-refractivity contribution in [3.63, 3.8) is 0 Å². The predicted octanol–water partition coefficient (Wildman–Crippen LogP) is 5.61. The number of amides is 1. The maximum absolute atomic E-state index is 14.8. The molecule has 0 aliphatic rings. The third kappa shape index (κ3) is 7.26. The fourth-order valence-corrected chi connectivity index (χ4v) is 4.63. The van der Waals surface area contributed by atoms with Gasteiger partial charge in [0, 0.05) is 42.5 Å². The lowest BCUT2D eigenvalue weighted by molar-refractivity contribution is -0.143. The second-order valence-electron chi connectivity index (χ2n) is 10.3. The first-order chi connectivity index (χ1) is 17.5. The Kier molecular flexibility index (Phi) is 9.21. The molecule has 37 heavy (non-hydrogen) atoms. The molecule has 0 bridgehead atoms. The summed E-state index contributed by atoms with van der Waals surface area (Å²) in [6.45, 7) is 7.16. The van der Waals surface area contributed by atoms with Gasteiger partial charge in [0.1, 0.15) is 11.6 Å². The van der Waals surface area contributed by atoms with Gasteiger partial charge in [-0.2, -0.15) is 0 Å². The number of halogens is 2. The van der Waals surface area contributed by atoms with E-state index in [4.69, 9.17) is 10.8 Å². The third-order valence-electron chi connectivity index (χ3n) is 6.25. The van der Waals surface area contributed by atoms with Gasteiger partial charge in [-0.25, -0.2) is 8.78 Å². The van der Waals surface area contributed by atoms with E-state index in [-0.39, 0.29) is 24.3 Å². The number of aromatic nitrogens is 1. The van der Waals surface area contributed by atoms with E-state index in [1.165, 1.54) is 0 Å². The van der Waals surface area contributed by atoms with Gasteiger partial charge < -0.3 is 20.3 Å². The van der Waals surface area contributed by atoms with Gasteiger partial charge in [0.2, 0.25) is 5.91 Å². The minimum atomic E-state index is -1.05. The molecular formula is C29H35F2N3O3. The van der Waals surface area contributed by atoms with Crippen molar-refractivity contribution in [1.29, 1.82) is 0 Å². The number of hydrogen-bond donors (Lipinski definition) is 2. The summed E-state index contributed by atoms with van der Waals surface area (Å²) in [5.74, 6) is -2.43. The highest BCUT2D eigenvalue weighted by Crippen LogP contribution is 2.41. The highest BCUT2D eigenvalue weighted by Gasteiger charge is 2.37. The summed E-state index contributed by atoms with van der Waals surface area (Å²) in [4.78, 5) is 26.2. The molecule has 8 heteroatoms. The van der Waals surface area contributed by atoms with Crippen LogP contribution in [-0.2, 0) is 16.1 Å². The molecule has 2 aromatic carbocycles. The Morgan fingerprint density at radius 1 is 1.05 bits per heavy atom. The zero-order valence-electron chi connectivity index (χ0n) is 21.6. The highest BCUT2D eigenvalue weighted by molar-refractivity contribution is 5.81. The number of carboxylic acid groups (broad SMARTS) is 1. The number of nitrogens with two attached hydrogens (primary N) is 1. The molecular weight excluding hydrogens is 476 g/mol. The summed E-state index contributed by atoms with van der Waals surface area (Å²) in [5.41, 5.74) is 7.68. The minimum absolute atomic E-state index is 0.131. The number of rotatable bonds is 11. The first-order valence-electron chi connectivity index (χ1n) is 12.4. The fourth-order valence-electron chi connectivity index (χ4n) is 4.63. The van der Waals surface area contributed by atoms with Gasteiger partial charge in [-0.1, -0.05) is 51.1 Å². The van der Waals surface area contributed by atoms with Crippen molar-refractivity contribution in [2.45, 2.75) is 52.6 Å². The zero-order chi connectivity index (χ0) is 27.2. The maximum Gasteiger partial charge on any atom is 0.303 e. The van der Waals surface area contributed by atoms with Gasteiger partial charge in [0.25, 0.3) is 0 Å². The van der Waals surface area contributed by atoms with E-state index in [1.807, 2.05) is 55.7 Å². The van der Waals surface area contributed by atoms with Crippen LogP contribution in [0.25, 0.3) is 11.1 Å². The van der Waals surface area contributed by atoms with Crippen LogP contribution >= 0.6 is 0 Å². The molecule has 3 aromatic rings. The first-order valence-corrected chi connectivity index (χ1v) is 12.4. The van der Waals surface area contributed by atoms with Crippen molar-refractivity contribution in [1.82, 2.24) is 9.47 Å². The summed E-state index contributed by atoms with van der Waals surface area (Å²) >= 11 is 0. The van der Waals surface area contributed by atoms with Gasteiger partial charge in [-0.15, -0.1) is 0 Å². The summed E-state index contributed by atoms with van der Waals surface area (Å²) < 4.78 is 30.8. The SMILES string of the molecule is CC(C)(C)[C@H](c1cc(-c2cc(F)ccc2F)cn1Cc1ccccc1)N(CCCN)C(=O)CCC(=O)O. The number of nitrogens with zero attached hydrogens (tertiary/aromatic N) is 2. The Morgan fingerprint density at radius 3 is 2.38 bits per heavy atom. The molecule has 198 valence electrons. The summed E-state index contributed by atoms with van der Waals surface area (Å²) in [6.07, 6.45) is 1.90. The van der Waals surface area contributed by atoms with Gasteiger partial charge in [-0.05, 0) is 48.2 Å². The lowest BCUT2D eigenvalue weighted by atomic mass is 9.82. The van der Waals surface area contributed by atoms with E-state index in [2.05, 4.69) is 0 Å². The molecule has 0 aliphatic carbocycles. The van der Waals surface area contributed by atoms with Crippen molar-refractivity contribution in [3.05, 3.63) is 83.7 Å². The zero-order valence-corrected chi connectivity index (χ0v) is 21.6. The molecule has 0 radical (unpaired) electrons. The molecule has 1 aromatic heterocycles. The number of carbonyl (C=O) groups excluding carboxylic acids is 1. The number of aliphatic carboxylic acids is 1. The average molecular weight is 512 g/mol. The van der Waals surface area contributed by atoms with Crippen molar-refractivity contribution in [3.8, 4) is 11.1 Å². The lowest BCUT2D eigenvalue weighted by Crippen LogP contribution is -2.43. The molecule has 3 rings (SSSR count). The number of benzene rings is 2. The Morgan fingerprint density at radius 2 is 1.76 bits per heavy atom. The normalized spacial score (nSPS) is 12.4. The largest absolute Gasteiger partial charge is 0.481 e. The van der Waals surface area contributed by atoms with Crippen LogP contribution < -0.4 is 5.73 Å². The molecule has 3 N–H and O–H groups in total. The second kappa shape index (κ2) is 12.1. The molecule has 0 saturated heterocycles. The highest BCUT2D eigenvalue weighted by atomic mass is 19.1. The van der Waals surface area contributed by atoms with Crippen molar-refractivity contribution < 1.29 is 23.5 Å². The minimum Gasteiger partial charge on any atom is -0.481 e. The monoisotopic (exact) mass is 511 g/mol. The first kappa shape index (κ1) is 28.1. The average Bonchev–Trinajstić information content (AvgIpc) is 3.23. The topological polar surface area (TPSA) is 88.6 Å². The Bertz CT molecular complexity index is 1220. The summed E-state index contributed by atoms with van der Waals surface area (Å²) in [6, 6.07) is 14.4. The molecule has 1 heterocycles. The van der Waals surface area contributed by atoms with Crippen LogP contribution in [0.5, 0.6) is 0 Å². The smallest absolute Gasteiger partial charge is 0.303 e. The number of carbonyl (C=O) groups is 2. The fraction of sp³-hybridized carbons (Fsp3) is 0.379. The molecule has 0 unspecified atom stereocenters. The Labute approximate surface area is 216 Å². The number of hydrogen-bond acceptors (Lipinski definition) is 3. The Hall–Kier alpha value is -3.52. The van der Waals surface area contributed by atoms with Crippen LogP contribution in [0.2, 0.25) is 0 Å². The maximum atomic E-state index is 14.8. The van der Waals surface area contributed by atoms with Crippen molar-refractivity contribution in [2.75, 3.05) is 13.1 Å². The van der Waals surface area contributed by atoms with Crippen molar-refractivity contribution in [2.24, 2.45) is 11.1 Å². The van der Waals surface area contributed by atoms with Crippen LogP contribution in [0.4, 0.5) is 8.78 Å². The van der Waals surface area contributed by atoms with Gasteiger partial charge >= 0.3 is 5.97 Å². The molecule has 6 nitrogen and oxygen atoms in total. The molecule has 0 aliphatic heterocycles. The van der Waals surface area contributed by atoms with E-state index in [1.54, 1.807) is 17.2 Å². The molecule has 0 fully saturated rings. The van der Waals surface area contributed by atoms with Gasteiger partial charge in [0.15, 0.2) is 0 Å². The van der Waals surface area contributed by atoms with Crippen LogP contribution in [0, 0.1) is 17.0 Å². The van der Waals surface area contributed by atoms with E-state index >= 15 is 0 Å². The molecule has 1 atom stereocenters. The molecule has 1 amide bonds. The van der Waals surface area contributed by atoms with E-state index in [9.17, 15) is 18.4 Å². The lowest BCUT2D eigenvalue weighted by Gasteiger charge is -2.41. The van der Waals surface area contributed by atoms with E-state index in [0.717, 1.165) is 29.5 Å². The summed E-state index contributed by atoms with van der Waals surface area (Å²) in [7, 11) is 0. The standard InChI is InChI=1S/C29H35F2N3O3/c1-29(2,3)28(34(15-7-14-32)26(35)12-13-27(36)37)25-16-21(23-17-22(30)10-11-24(23)31)19-33(25)18-20-8-5-4-6-9-20/h4-6,8-11,16-17,19,28H,7,12-15,18,32H2,1-3H3,(H,36,37)/t28-/m0/s1. The van der Waals surface area contributed by atoms with Crippen LogP contribution in [0.15, 0.2) is 60.8 Å². The van der Waals surface area contributed by atoms with Gasteiger partial charge in [-0.3, -0.25) is 9.59 Å². The Balaban J connectivity index is 2.18. The quantitative estimate of drug-likeness (QED) is 0.350. The third-order valence-corrected chi connectivity index (χ3v) is 6.25. The van der Waals surface area contributed by atoms with E-state index in [0.29, 0.717) is 31.6 Å². The molecule has 0 spiro atoms. The number of carboxylic acids is 1. The van der Waals surface area contributed by atoms with Crippen LogP contribution in [0.3, 0.4) is 0 Å².